The van der Waals surface area contributed by atoms with Crippen molar-refractivity contribution >= 4 is 11.6 Å². The SMILES string of the molecule is C[C@@H]1CCN(c2ccc(N)nn2)C1. The van der Waals surface area contributed by atoms with Crippen molar-refractivity contribution in [1.82, 2.24) is 10.2 Å². The van der Waals surface area contributed by atoms with Gasteiger partial charge in [0.25, 0.3) is 0 Å². The predicted octanol–water partition coefficient (Wildman–Crippen LogP) is 0.905. The molecular formula is C9H14N4. The van der Waals surface area contributed by atoms with E-state index in [0.717, 1.165) is 24.8 Å². The molecule has 1 aromatic rings. The van der Waals surface area contributed by atoms with Crippen molar-refractivity contribution in [3.8, 4) is 0 Å². The molecule has 4 nitrogen and oxygen atoms in total. The fourth-order valence-corrected chi connectivity index (χ4v) is 1.65. The Morgan fingerprint density at radius 3 is 2.85 bits per heavy atom. The number of nitrogen functional groups attached to an aromatic ring is 1. The van der Waals surface area contributed by atoms with Crippen LogP contribution in [-0.4, -0.2) is 23.3 Å². The van der Waals surface area contributed by atoms with E-state index >= 15 is 0 Å². The summed E-state index contributed by atoms with van der Waals surface area (Å²) in [5.41, 5.74) is 5.46. The Morgan fingerprint density at radius 1 is 1.46 bits per heavy atom. The van der Waals surface area contributed by atoms with Crippen LogP contribution in [0.1, 0.15) is 13.3 Å². The number of aromatic nitrogens is 2. The zero-order valence-electron chi connectivity index (χ0n) is 7.77. The molecule has 2 heterocycles. The Kier molecular flexibility index (Phi) is 2.04. The molecule has 0 bridgehead atoms. The molecule has 1 aliphatic rings. The predicted molar refractivity (Wildman–Crippen MR) is 52.4 cm³/mol. The highest BCUT2D eigenvalue weighted by Crippen LogP contribution is 2.20. The lowest BCUT2D eigenvalue weighted by Gasteiger charge is -2.15. The third kappa shape index (κ3) is 1.71. The van der Waals surface area contributed by atoms with Crippen LogP contribution >= 0.6 is 0 Å². The molecule has 0 aromatic carbocycles. The molecule has 1 atom stereocenters. The quantitative estimate of drug-likeness (QED) is 0.694. The van der Waals surface area contributed by atoms with Gasteiger partial charge in [-0.2, -0.15) is 0 Å². The van der Waals surface area contributed by atoms with Gasteiger partial charge < -0.3 is 10.6 Å². The number of hydrogen-bond donors (Lipinski definition) is 1. The molecule has 0 saturated carbocycles. The maximum atomic E-state index is 5.46. The Balaban J connectivity index is 2.13. The highest BCUT2D eigenvalue weighted by molar-refractivity contribution is 5.42. The summed E-state index contributed by atoms with van der Waals surface area (Å²) in [7, 11) is 0. The molecule has 0 radical (unpaired) electrons. The molecule has 1 fully saturated rings. The van der Waals surface area contributed by atoms with E-state index in [9.17, 15) is 0 Å². The highest BCUT2D eigenvalue weighted by atomic mass is 15.3. The minimum atomic E-state index is 0.482. The van der Waals surface area contributed by atoms with Crippen molar-refractivity contribution in [3.63, 3.8) is 0 Å². The van der Waals surface area contributed by atoms with Crippen LogP contribution in [0.5, 0.6) is 0 Å². The van der Waals surface area contributed by atoms with Gasteiger partial charge >= 0.3 is 0 Å². The van der Waals surface area contributed by atoms with Crippen LogP contribution in [0.2, 0.25) is 0 Å². The number of nitrogens with two attached hydrogens (primary N) is 1. The first-order valence-corrected chi connectivity index (χ1v) is 4.60. The lowest BCUT2D eigenvalue weighted by atomic mass is 10.2. The van der Waals surface area contributed by atoms with Crippen LogP contribution in [0.3, 0.4) is 0 Å². The maximum absolute atomic E-state index is 5.46. The standard InChI is InChI=1S/C9H14N4/c1-7-4-5-13(6-7)9-3-2-8(10)11-12-9/h2-3,7H,4-6H2,1H3,(H2,10,11)/t7-/m1/s1. The van der Waals surface area contributed by atoms with Crippen LogP contribution in [0.15, 0.2) is 12.1 Å². The summed E-state index contributed by atoms with van der Waals surface area (Å²) in [5, 5.41) is 7.88. The van der Waals surface area contributed by atoms with Crippen LogP contribution < -0.4 is 10.6 Å². The second-order valence-electron chi connectivity index (χ2n) is 3.66. The summed E-state index contributed by atoms with van der Waals surface area (Å²) in [4.78, 5) is 2.25. The molecule has 2 N–H and O–H groups in total. The van der Waals surface area contributed by atoms with Crippen LogP contribution in [0.25, 0.3) is 0 Å². The maximum Gasteiger partial charge on any atom is 0.151 e. The van der Waals surface area contributed by atoms with Gasteiger partial charge in [-0.3, -0.25) is 0 Å². The van der Waals surface area contributed by atoms with Gasteiger partial charge in [0.2, 0.25) is 0 Å². The molecule has 4 heteroatoms. The van der Waals surface area contributed by atoms with E-state index in [0.29, 0.717) is 5.82 Å². The third-order valence-corrected chi connectivity index (χ3v) is 2.42. The van der Waals surface area contributed by atoms with Gasteiger partial charge in [0.05, 0.1) is 0 Å². The summed E-state index contributed by atoms with van der Waals surface area (Å²) in [6.07, 6.45) is 1.24. The molecule has 13 heavy (non-hydrogen) atoms. The molecule has 0 amide bonds. The molecule has 70 valence electrons. The Morgan fingerprint density at radius 2 is 2.31 bits per heavy atom. The molecule has 1 aliphatic heterocycles. The first-order valence-electron chi connectivity index (χ1n) is 4.60. The minimum Gasteiger partial charge on any atom is -0.382 e. The van der Waals surface area contributed by atoms with Gasteiger partial charge in [0, 0.05) is 13.1 Å². The van der Waals surface area contributed by atoms with Gasteiger partial charge in [-0.15, -0.1) is 10.2 Å². The highest BCUT2D eigenvalue weighted by Gasteiger charge is 2.19. The monoisotopic (exact) mass is 178 g/mol. The van der Waals surface area contributed by atoms with E-state index < -0.39 is 0 Å². The van der Waals surface area contributed by atoms with E-state index in [1.54, 1.807) is 6.07 Å². The average Bonchev–Trinajstić information content (AvgIpc) is 2.53. The van der Waals surface area contributed by atoms with Crippen molar-refractivity contribution in [3.05, 3.63) is 12.1 Å². The molecule has 0 aliphatic carbocycles. The van der Waals surface area contributed by atoms with Crippen molar-refractivity contribution in [2.45, 2.75) is 13.3 Å². The second-order valence-corrected chi connectivity index (χ2v) is 3.66. The topological polar surface area (TPSA) is 55.0 Å². The Labute approximate surface area is 77.8 Å². The van der Waals surface area contributed by atoms with Gasteiger partial charge in [-0.25, -0.2) is 0 Å². The Hall–Kier alpha value is -1.32. The van der Waals surface area contributed by atoms with Crippen LogP contribution in [0, 0.1) is 5.92 Å². The zero-order valence-corrected chi connectivity index (χ0v) is 7.77. The second kappa shape index (κ2) is 3.20. The summed E-state index contributed by atoms with van der Waals surface area (Å²) in [6.45, 7) is 4.42. The summed E-state index contributed by atoms with van der Waals surface area (Å²) >= 11 is 0. The molecule has 0 spiro atoms. The molecule has 0 unspecified atom stereocenters. The van der Waals surface area contributed by atoms with Crippen molar-refractivity contribution in [2.24, 2.45) is 5.92 Å². The average molecular weight is 178 g/mol. The van der Waals surface area contributed by atoms with E-state index in [1.165, 1.54) is 6.42 Å². The molecule has 1 saturated heterocycles. The lowest BCUT2D eigenvalue weighted by Crippen LogP contribution is -2.20. The zero-order chi connectivity index (χ0) is 9.26. The summed E-state index contributed by atoms with van der Waals surface area (Å²) in [6, 6.07) is 3.73. The van der Waals surface area contributed by atoms with Gasteiger partial charge in [-0.05, 0) is 24.5 Å². The fraction of sp³-hybridized carbons (Fsp3) is 0.556. The summed E-state index contributed by atoms with van der Waals surface area (Å²) in [5.74, 6) is 2.19. The smallest absolute Gasteiger partial charge is 0.151 e. The number of hydrogen-bond acceptors (Lipinski definition) is 4. The van der Waals surface area contributed by atoms with Gasteiger partial charge in [-0.1, -0.05) is 6.92 Å². The van der Waals surface area contributed by atoms with Gasteiger partial charge in [0.15, 0.2) is 5.82 Å². The Bertz CT molecular complexity index is 282. The first-order chi connectivity index (χ1) is 6.25. The fourth-order valence-electron chi connectivity index (χ4n) is 1.65. The first kappa shape index (κ1) is 8.29. The molecule has 2 rings (SSSR count). The lowest BCUT2D eigenvalue weighted by molar-refractivity contribution is 0.658. The summed E-state index contributed by atoms with van der Waals surface area (Å²) < 4.78 is 0. The minimum absolute atomic E-state index is 0.482. The van der Waals surface area contributed by atoms with E-state index in [-0.39, 0.29) is 0 Å². The number of anilines is 2. The van der Waals surface area contributed by atoms with Crippen molar-refractivity contribution in [1.29, 1.82) is 0 Å². The van der Waals surface area contributed by atoms with E-state index in [1.807, 2.05) is 6.07 Å². The van der Waals surface area contributed by atoms with Crippen molar-refractivity contribution < 1.29 is 0 Å². The van der Waals surface area contributed by atoms with Gasteiger partial charge in [0.1, 0.15) is 5.82 Å². The van der Waals surface area contributed by atoms with Crippen LogP contribution in [-0.2, 0) is 0 Å². The normalized spacial score (nSPS) is 22.2. The van der Waals surface area contributed by atoms with E-state index in [2.05, 4.69) is 22.0 Å². The number of nitrogens with zero attached hydrogens (tertiary/aromatic N) is 3. The van der Waals surface area contributed by atoms with Crippen LogP contribution in [0.4, 0.5) is 11.6 Å². The van der Waals surface area contributed by atoms with Crippen molar-refractivity contribution in [2.75, 3.05) is 23.7 Å². The molecular weight excluding hydrogens is 164 g/mol. The number of rotatable bonds is 1. The van der Waals surface area contributed by atoms with E-state index in [4.69, 9.17) is 5.73 Å². The largest absolute Gasteiger partial charge is 0.382 e. The third-order valence-electron chi connectivity index (χ3n) is 2.42. The molecule has 1 aromatic heterocycles.